The Morgan fingerprint density at radius 2 is 2.00 bits per heavy atom. The zero-order valence-electron chi connectivity index (χ0n) is 7.39. The molecule has 1 aliphatic rings. The molecule has 0 saturated heterocycles. The zero-order chi connectivity index (χ0) is 8.55. The van der Waals surface area contributed by atoms with Gasteiger partial charge in [-0.05, 0) is 24.5 Å². The highest BCUT2D eigenvalue weighted by Crippen LogP contribution is 2.38. The normalized spacial score (nSPS) is 13.5. The molecule has 0 spiro atoms. The predicted molar refractivity (Wildman–Crippen MR) is 46.7 cm³/mol. The first-order valence-electron chi connectivity index (χ1n) is 4.21. The molecule has 2 rings (SSSR count). The average Bonchev–Trinajstić information content (AvgIpc) is 2.54. The van der Waals surface area contributed by atoms with Gasteiger partial charge < -0.3 is 9.47 Å². The van der Waals surface area contributed by atoms with Crippen LogP contribution in [0.5, 0.6) is 11.5 Å². The highest BCUT2D eigenvalue weighted by atomic mass is 16.7. The Kier molecular flexibility index (Phi) is 1.68. The van der Waals surface area contributed by atoms with E-state index in [0.29, 0.717) is 6.79 Å². The topological polar surface area (TPSA) is 18.5 Å². The lowest BCUT2D eigenvalue weighted by Gasteiger charge is -2.04. The van der Waals surface area contributed by atoms with Crippen molar-refractivity contribution in [2.24, 2.45) is 0 Å². The Morgan fingerprint density at radius 1 is 1.25 bits per heavy atom. The summed E-state index contributed by atoms with van der Waals surface area (Å²) in [7, 11) is 0. The minimum atomic E-state index is 0.368. The van der Waals surface area contributed by atoms with E-state index in [4.69, 9.17) is 9.47 Å². The van der Waals surface area contributed by atoms with Crippen molar-refractivity contribution in [2.45, 2.75) is 20.3 Å². The summed E-state index contributed by atoms with van der Waals surface area (Å²) >= 11 is 0. The van der Waals surface area contributed by atoms with Crippen LogP contribution in [-0.4, -0.2) is 6.79 Å². The summed E-state index contributed by atoms with van der Waals surface area (Å²) in [5.41, 5.74) is 2.38. The third-order valence-electron chi connectivity index (χ3n) is 2.18. The number of benzene rings is 1. The number of hydrogen-bond donors (Lipinski definition) is 0. The lowest BCUT2D eigenvalue weighted by Crippen LogP contribution is -1.94. The monoisotopic (exact) mass is 164 g/mol. The van der Waals surface area contributed by atoms with Gasteiger partial charge in [-0.3, -0.25) is 0 Å². The lowest BCUT2D eigenvalue weighted by molar-refractivity contribution is 0.173. The Morgan fingerprint density at radius 3 is 2.75 bits per heavy atom. The van der Waals surface area contributed by atoms with E-state index in [-0.39, 0.29) is 0 Å². The van der Waals surface area contributed by atoms with E-state index < -0.39 is 0 Å². The lowest BCUT2D eigenvalue weighted by atomic mass is 10.1. The maximum absolute atomic E-state index is 5.38. The number of hydrogen-bond acceptors (Lipinski definition) is 2. The molecule has 0 fully saturated rings. The van der Waals surface area contributed by atoms with Crippen molar-refractivity contribution in [1.29, 1.82) is 0 Å². The van der Waals surface area contributed by atoms with Crippen LogP contribution in [0.15, 0.2) is 12.1 Å². The third-order valence-corrected chi connectivity index (χ3v) is 2.18. The minimum Gasteiger partial charge on any atom is -0.453 e. The van der Waals surface area contributed by atoms with Crippen molar-refractivity contribution in [2.75, 3.05) is 6.79 Å². The van der Waals surface area contributed by atoms with Gasteiger partial charge in [0.1, 0.15) is 0 Å². The van der Waals surface area contributed by atoms with Crippen LogP contribution >= 0.6 is 0 Å². The Labute approximate surface area is 72.1 Å². The molecule has 1 aromatic carbocycles. The molecule has 64 valence electrons. The first kappa shape index (κ1) is 7.47. The van der Waals surface area contributed by atoms with Gasteiger partial charge in [-0.25, -0.2) is 0 Å². The van der Waals surface area contributed by atoms with Crippen LogP contribution in [0, 0.1) is 6.92 Å². The van der Waals surface area contributed by atoms with E-state index in [9.17, 15) is 0 Å². The molecule has 1 heterocycles. The van der Waals surface area contributed by atoms with Gasteiger partial charge in [0.15, 0.2) is 11.5 Å². The van der Waals surface area contributed by atoms with Gasteiger partial charge in [-0.15, -0.1) is 0 Å². The first-order chi connectivity index (χ1) is 5.83. The molecule has 0 radical (unpaired) electrons. The van der Waals surface area contributed by atoms with E-state index in [2.05, 4.69) is 19.1 Å². The van der Waals surface area contributed by atoms with Gasteiger partial charge in [-0.1, -0.05) is 19.1 Å². The smallest absolute Gasteiger partial charge is 0.231 e. The third kappa shape index (κ3) is 0.951. The molecule has 0 unspecified atom stereocenters. The molecule has 1 aromatic rings. The van der Waals surface area contributed by atoms with Crippen LogP contribution in [0.2, 0.25) is 0 Å². The summed E-state index contributed by atoms with van der Waals surface area (Å²) in [5.74, 6) is 1.87. The van der Waals surface area contributed by atoms with Crippen LogP contribution in [0.1, 0.15) is 18.1 Å². The molecular formula is C10H12O2. The molecular weight excluding hydrogens is 152 g/mol. The Balaban J connectivity index is 2.57. The van der Waals surface area contributed by atoms with Crippen LogP contribution in [0.4, 0.5) is 0 Å². The van der Waals surface area contributed by atoms with Gasteiger partial charge in [-0.2, -0.15) is 0 Å². The van der Waals surface area contributed by atoms with Crippen molar-refractivity contribution in [3.8, 4) is 11.5 Å². The van der Waals surface area contributed by atoms with Crippen molar-refractivity contribution < 1.29 is 9.47 Å². The second-order valence-corrected chi connectivity index (χ2v) is 2.96. The van der Waals surface area contributed by atoms with Crippen LogP contribution in [-0.2, 0) is 6.42 Å². The molecule has 0 N–H and O–H groups in total. The summed E-state index contributed by atoms with van der Waals surface area (Å²) in [5, 5.41) is 0. The summed E-state index contributed by atoms with van der Waals surface area (Å²) < 4.78 is 10.7. The average molecular weight is 164 g/mol. The number of aryl methyl sites for hydroxylation is 2. The molecule has 0 amide bonds. The maximum Gasteiger partial charge on any atom is 0.231 e. The first-order valence-corrected chi connectivity index (χ1v) is 4.21. The second kappa shape index (κ2) is 2.70. The van der Waals surface area contributed by atoms with Crippen LogP contribution < -0.4 is 9.47 Å². The van der Waals surface area contributed by atoms with Crippen molar-refractivity contribution in [1.82, 2.24) is 0 Å². The van der Waals surface area contributed by atoms with Gasteiger partial charge in [0.2, 0.25) is 6.79 Å². The Bertz CT molecular complexity index is 305. The van der Waals surface area contributed by atoms with Gasteiger partial charge >= 0.3 is 0 Å². The molecule has 1 aliphatic heterocycles. The molecule has 2 heteroatoms. The van der Waals surface area contributed by atoms with Crippen molar-refractivity contribution in [3.05, 3.63) is 23.3 Å². The number of fused-ring (bicyclic) bond motifs is 1. The molecule has 0 aliphatic carbocycles. The quantitative estimate of drug-likeness (QED) is 0.634. The fraction of sp³-hybridized carbons (Fsp3) is 0.400. The molecule has 2 nitrogen and oxygen atoms in total. The van der Waals surface area contributed by atoms with Gasteiger partial charge in [0.05, 0.1) is 0 Å². The summed E-state index contributed by atoms with van der Waals surface area (Å²) in [6.45, 7) is 4.52. The zero-order valence-corrected chi connectivity index (χ0v) is 7.39. The van der Waals surface area contributed by atoms with E-state index in [0.717, 1.165) is 23.5 Å². The van der Waals surface area contributed by atoms with E-state index in [1.54, 1.807) is 0 Å². The molecule has 0 bridgehead atoms. The minimum absolute atomic E-state index is 0.368. The van der Waals surface area contributed by atoms with E-state index in [1.807, 2.05) is 6.92 Å². The van der Waals surface area contributed by atoms with Gasteiger partial charge in [0, 0.05) is 0 Å². The molecule has 0 atom stereocenters. The number of rotatable bonds is 1. The fourth-order valence-electron chi connectivity index (χ4n) is 1.47. The van der Waals surface area contributed by atoms with Gasteiger partial charge in [0.25, 0.3) is 0 Å². The van der Waals surface area contributed by atoms with Crippen molar-refractivity contribution >= 4 is 0 Å². The number of ether oxygens (including phenoxy) is 2. The van der Waals surface area contributed by atoms with E-state index >= 15 is 0 Å². The predicted octanol–water partition coefficient (Wildman–Crippen LogP) is 2.29. The standard InChI is InChI=1S/C10H12O2/c1-3-8-5-4-7(2)9-10(8)12-6-11-9/h4-5H,3,6H2,1-2H3. The van der Waals surface area contributed by atoms with E-state index in [1.165, 1.54) is 5.56 Å². The fourth-order valence-corrected chi connectivity index (χ4v) is 1.47. The largest absolute Gasteiger partial charge is 0.453 e. The molecule has 0 saturated carbocycles. The molecule has 12 heavy (non-hydrogen) atoms. The SMILES string of the molecule is CCc1ccc(C)c2c1OCO2. The maximum atomic E-state index is 5.38. The highest BCUT2D eigenvalue weighted by Gasteiger charge is 2.18. The second-order valence-electron chi connectivity index (χ2n) is 2.96. The Hall–Kier alpha value is -1.18. The highest BCUT2D eigenvalue weighted by molar-refractivity contribution is 5.52. The summed E-state index contributed by atoms with van der Waals surface area (Å²) in [6.07, 6.45) is 0.992. The van der Waals surface area contributed by atoms with Crippen LogP contribution in [0.25, 0.3) is 0 Å². The summed E-state index contributed by atoms with van der Waals surface area (Å²) in [6, 6.07) is 4.18. The molecule has 0 aromatic heterocycles. The van der Waals surface area contributed by atoms with Crippen LogP contribution in [0.3, 0.4) is 0 Å². The van der Waals surface area contributed by atoms with Crippen molar-refractivity contribution in [3.63, 3.8) is 0 Å². The summed E-state index contributed by atoms with van der Waals surface area (Å²) in [4.78, 5) is 0.